The van der Waals surface area contributed by atoms with Gasteiger partial charge < -0.3 is 0 Å². The molecule has 0 bridgehead atoms. The second kappa shape index (κ2) is 18.1. The predicted octanol–water partition coefficient (Wildman–Crippen LogP) is 13.4. The van der Waals surface area contributed by atoms with Crippen molar-refractivity contribution in [2.45, 2.75) is 26.9 Å². The van der Waals surface area contributed by atoms with Gasteiger partial charge in [-0.3, -0.25) is 8.97 Å². The monoisotopic (exact) mass is 998 g/mol. The molecule has 6 aromatic carbocycles. The molecule has 0 unspecified atom stereocenters. The summed E-state index contributed by atoms with van der Waals surface area (Å²) in [7, 11) is 22.9. The van der Waals surface area contributed by atoms with Gasteiger partial charge in [0, 0.05) is 9.52 Å². The molecule has 254 valence electrons. The summed E-state index contributed by atoms with van der Waals surface area (Å²) in [5.74, 6) is 0. The number of halogens is 4. The van der Waals surface area contributed by atoms with E-state index in [0.717, 1.165) is 18.5 Å². The Hall–Kier alpha value is -0.840. The standard InChI is InChI=1S/2C19H21N.C2H6Si.2ClH.2HI.Zr/c2*1-14-12-16-6-5-7-18(19(16)13-14)15-8-10-17(11-9-15)20(2,3)4;1-3-2;;;;;/h2*5-13H,1-4H3;1-2H3;4*1H;/q;;;;;;;+4/p-4. The molecule has 0 saturated carbocycles. The van der Waals surface area contributed by atoms with Crippen molar-refractivity contribution in [3.8, 4) is 22.3 Å². The van der Waals surface area contributed by atoms with E-state index in [2.05, 4.69) is 215 Å². The molecule has 8 heteroatoms. The Kier molecular flexibility index (Phi) is 15.7. The maximum atomic E-state index is 5.48. The van der Waals surface area contributed by atoms with E-state index in [1.807, 2.05) is 0 Å². The molecule has 6 aromatic rings. The first kappa shape index (κ1) is 41.6. The fraction of sp³-hybridized carbons (Fsp3) is 0.250. The first-order valence-electron chi connectivity index (χ1n) is 15.8. The Morgan fingerprint density at radius 2 is 0.854 bits per heavy atom. The number of nitrogens with zero attached hydrogens (tertiary/aromatic N) is 2. The van der Waals surface area contributed by atoms with E-state index in [-0.39, 0.29) is 0 Å². The van der Waals surface area contributed by atoms with Gasteiger partial charge in [-0.1, -0.05) is 50.2 Å². The third-order valence-corrected chi connectivity index (χ3v) is 7.70. The maximum absolute atomic E-state index is 5.48. The molecular formula is C40H48Cl2I2N2SiZr. The van der Waals surface area contributed by atoms with Crippen LogP contribution in [0.3, 0.4) is 0 Å². The predicted molar refractivity (Wildman–Crippen MR) is 236 cm³/mol. The fourth-order valence-corrected chi connectivity index (χ4v) is 5.45. The average molecular weight is 1000 g/mol. The molecule has 0 N–H and O–H groups in total. The molecule has 0 atom stereocenters. The second-order valence-electron chi connectivity index (χ2n) is 13.7. The van der Waals surface area contributed by atoms with Gasteiger partial charge in [-0.05, 0) is 59.7 Å². The van der Waals surface area contributed by atoms with E-state index >= 15 is 0 Å². The van der Waals surface area contributed by atoms with Gasteiger partial charge in [-0.25, -0.2) is 0 Å². The van der Waals surface area contributed by atoms with Crippen LogP contribution >= 0.6 is 53.1 Å². The quantitative estimate of drug-likeness (QED) is 0.0715. The molecule has 0 amide bonds. The van der Waals surface area contributed by atoms with Gasteiger partial charge in [0.25, 0.3) is 0 Å². The molecule has 0 fully saturated rings. The van der Waals surface area contributed by atoms with Crippen molar-refractivity contribution in [3.63, 3.8) is 0 Å². The van der Waals surface area contributed by atoms with Crippen LogP contribution in [-0.4, -0.2) is 51.8 Å². The molecule has 0 aliphatic carbocycles. The van der Waals surface area contributed by atoms with Gasteiger partial charge in [0.05, 0.1) is 42.3 Å². The van der Waals surface area contributed by atoms with Crippen LogP contribution in [0.25, 0.3) is 43.8 Å². The molecule has 0 heterocycles. The Morgan fingerprint density at radius 3 is 1.12 bits per heavy atom. The SMILES string of the molecule is C[Si]C.Cc1cc2c(-c3ccc([N+](C)(C)C)cc3)cccc2[cH-]1.Cc1cc2c(-c3ccc([N+](C)(C)C)cc3)cccc2[cH-]1.[Cl][Zr]([Cl])([I])[I]. The number of benzene rings is 4. The van der Waals surface area contributed by atoms with Crippen molar-refractivity contribution in [1.29, 1.82) is 0 Å². The minimum absolute atomic E-state index is 0.847. The molecule has 0 aliphatic heterocycles. The van der Waals surface area contributed by atoms with E-state index in [0.29, 0.717) is 0 Å². The third-order valence-electron chi connectivity index (χ3n) is 7.70. The van der Waals surface area contributed by atoms with Crippen molar-refractivity contribution in [1.82, 2.24) is 8.97 Å². The number of hydrogen-bond donors (Lipinski definition) is 0. The summed E-state index contributed by atoms with van der Waals surface area (Å²) < 4.78 is 1.69. The van der Waals surface area contributed by atoms with Crippen molar-refractivity contribution < 1.29 is 9.50 Å². The molecule has 2 nitrogen and oxygen atoms in total. The Morgan fingerprint density at radius 1 is 0.562 bits per heavy atom. The zero-order valence-corrected chi connectivity index (χ0v) is 39.1. The topological polar surface area (TPSA) is 0 Å². The summed E-state index contributed by atoms with van der Waals surface area (Å²) in [6.45, 7) is 8.62. The molecule has 2 radical (unpaired) electrons. The molecule has 0 aromatic heterocycles. The molecule has 0 aliphatic rings. The summed E-state index contributed by atoms with van der Waals surface area (Å²) in [5.41, 5.74) is 10.5. The van der Waals surface area contributed by atoms with E-state index in [1.165, 1.54) is 66.3 Å². The van der Waals surface area contributed by atoms with E-state index in [1.54, 1.807) is 0 Å². The van der Waals surface area contributed by atoms with Crippen LogP contribution in [0.1, 0.15) is 11.1 Å². The summed E-state index contributed by atoms with van der Waals surface area (Å²) >= 11 is 4.21. The first-order chi connectivity index (χ1) is 22.3. The van der Waals surface area contributed by atoms with Crippen molar-refractivity contribution in [2.75, 3.05) is 42.3 Å². The first-order valence-corrected chi connectivity index (χ1v) is 38.8. The molecule has 48 heavy (non-hydrogen) atoms. The summed E-state index contributed by atoms with van der Waals surface area (Å²) in [6.07, 6.45) is 0. The van der Waals surface area contributed by atoms with Crippen molar-refractivity contribution in [2.24, 2.45) is 0 Å². The normalized spacial score (nSPS) is 11.6. The Bertz CT molecular complexity index is 1750. The second-order valence-corrected chi connectivity index (χ2v) is 71.1. The van der Waals surface area contributed by atoms with Gasteiger partial charge >= 0.3 is 62.6 Å². The number of rotatable bonds is 4. The number of fused-ring (bicyclic) bond motifs is 2. The summed E-state index contributed by atoms with van der Waals surface area (Å²) in [6, 6.07) is 40.0. The van der Waals surface area contributed by atoms with Crippen molar-refractivity contribution >= 4 is 95.6 Å². The van der Waals surface area contributed by atoms with Crippen LogP contribution in [-0.2, 0) is 9.50 Å². The minimum atomic E-state index is -2.30. The van der Waals surface area contributed by atoms with Gasteiger partial charge in [0.1, 0.15) is 11.4 Å². The summed E-state index contributed by atoms with van der Waals surface area (Å²) in [5, 5.41) is 5.36. The molecular weight excluding hydrogens is 952 g/mol. The molecule has 0 saturated heterocycles. The zero-order valence-electron chi connectivity index (χ0n) is 29.8. The number of aryl methyl sites for hydroxylation is 2. The van der Waals surface area contributed by atoms with Crippen LogP contribution in [0, 0.1) is 13.8 Å². The van der Waals surface area contributed by atoms with Crippen LogP contribution < -0.4 is 8.97 Å². The van der Waals surface area contributed by atoms with E-state index in [4.69, 9.17) is 17.0 Å². The van der Waals surface area contributed by atoms with Gasteiger partial charge in [-0.2, -0.15) is 12.1 Å². The van der Waals surface area contributed by atoms with E-state index in [9.17, 15) is 0 Å². The summed E-state index contributed by atoms with van der Waals surface area (Å²) in [4.78, 5) is 0. The fourth-order valence-electron chi connectivity index (χ4n) is 5.45. The van der Waals surface area contributed by atoms with Gasteiger partial charge in [0.15, 0.2) is 0 Å². The third kappa shape index (κ3) is 12.7. The molecule has 0 spiro atoms. The van der Waals surface area contributed by atoms with Crippen LogP contribution in [0.4, 0.5) is 11.4 Å². The number of hydrogen-bond acceptors (Lipinski definition) is 0. The van der Waals surface area contributed by atoms with Gasteiger partial charge in [0.2, 0.25) is 0 Å². The van der Waals surface area contributed by atoms with E-state index < -0.39 is 9.50 Å². The zero-order chi connectivity index (χ0) is 35.9. The average Bonchev–Trinajstić information content (AvgIpc) is 3.57. The van der Waals surface area contributed by atoms with Crippen LogP contribution in [0.15, 0.2) is 109 Å². The Balaban J connectivity index is 0.000000214. The number of quaternary nitrogens is 2. The molecule has 6 rings (SSSR count). The van der Waals surface area contributed by atoms with Gasteiger partial charge in [-0.15, -0.1) is 69.1 Å². The van der Waals surface area contributed by atoms with Crippen molar-refractivity contribution in [3.05, 3.63) is 120 Å². The van der Waals surface area contributed by atoms with Crippen LogP contribution in [0.2, 0.25) is 13.1 Å². The Labute approximate surface area is 322 Å². The van der Waals surface area contributed by atoms with Crippen LogP contribution in [0.5, 0.6) is 0 Å².